The maximum absolute atomic E-state index is 5.09. The van der Waals surface area contributed by atoms with Gasteiger partial charge in [0.2, 0.25) is 0 Å². The third-order valence-corrected chi connectivity index (χ3v) is 5.71. The average molecular weight is 410 g/mol. The topological polar surface area (TPSA) is 43.6 Å². The number of hydrogen-bond donors (Lipinski definition) is 0. The molecule has 4 aromatic heterocycles. The molecule has 6 aromatic rings. The Morgan fingerprint density at radius 3 is 2.25 bits per heavy atom. The Kier molecular flexibility index (Phi) is 4.19. The van der Waals surface area contributed by atoms with Crippen molar-refractivity contribution in [2.24, 2.45) is 0 Å². The molecule has 4 nitrogen and oxygen atoms in total. The van der Waals surface area contributed by atoms with Gasteiger partial charge in [-0.1, -0.05) is 23.8 Å². The number of aromatic nitrogens is 4. The van der Waals surface area contributed by atoms with E-state index in [0.717, 1.165) is 50.0 Å². The Hall–Kier alpha value is -4.49. The Balaban J connectivity index is 1.70. The summed E-state index contributed by atoms with van der Waals surface area (Å²) in [4.78, 5) is 13.4. The predicted molar refractivity (Wildman–Crippen MR) is 127 cm³/mol. The lowest BCUT2D eigenvalue weighted by Gasteiger charge is -2.12. The number of nitrogens with zero attached hydrogens (tertiary/aromatic N) is 4. The highest BCUT2D eigenvalue weighted by Gasteiger charge is 2.15. The second kappa shape index (κ2) is 7.33. The molecule has 0 N–H and O–H groups in total. The average Bonchev–Trinajstić information content (AvgIpc) is 3.18. The fourth-order valence-electron chi connectivity index (χ4n) is 4.21. The molecule has 4 heteroatoms. The molecule has 0 aliphatic rings. The van der Waals surface area contributed by atoms with Crippen molar-refractivity contribution in [3.05, 3.63) is 109 Å². The van der Waals surface area contributed by atoms with Crippen molar-refractivity contribution in [1.82, 2.24) is 19.5 Å². The molecule has 32 heavy (non-hydrogen) atoms. The van der Waals surface area contributed by atoms with Gasteiger partial charge in [0.05, 0.1) is 22.1 Å². The van der Waals surface area contributed by atoms with Crippen molar-refractivity contribution in [3.8, 4) is 28.2 Å². The van der Waals surface area contributed by atoms with Crippen LogP contribution in [0.3, 0.4) is 0 Å². The van der Waals surface area contributed by atoms with Gasteiger partial charge in [-0.3, -0.25) is 14.5 Å². The molecule has 0 aliphatic heterocycles. The van der Waals surface area contributed by atoms with E-state index in [-0.39, 0.29) is 0 Å². The maximum Gasteiger partial charge on any atom is 0.138 e. The summed E-state index contributed by atoms with van der Waals surface area (Å²) in [5.74, 6) is 0.856. The largest absolute Gasteiger partial charge is 0.293 e. The van der Waals surface area contributed by atoms with Gasteiger partial charge < -0.3 is 0 Å². The molecule has 0 spiro atoms. The highest BCUT2D eigenvalue weighted by Crippen LogP contribution is 2.33. The van der Waals surface area contributed by atoms with Gasteiger partial charge in [-0.15, -0.1) is 0 Å². The second-order valence-corrected chi connectivity index (χ2v) is 7.79. The first kappa shape index (κ1) is 18.3. The molecule has 0 bridgehead atoms. The van der Waals surface area contributed by atoms with Crippen LogP contribution in [0.15, 0.2) is 91.5 Å². The highest BCUT2D eigenvalue weighted by atomic mass is 15.1. The monoisotopic (exact) mass is 410 g/mol. The number of pyridine rings is 3. The summed E-state index contributed by atoms with van der Waals surface area (Å²) < 4.78 is 2.21. The first-order valence-corrected chi connectivity index (χ1v) is 10.4. The molecule has 0 atom stereocenters. The van der Waals surface area contributed by atoms with Gasteiger partial charge >= 0.3 is 0 Å². The molecular formula is C28H18N4. The summed E-state index contributed by atoms with van der Waals surface area (Å²) in [6.45, 7) is 2.11. The van der Waals surface area contributed by atoms with E-state index in [1.165, 1.54) is 5.56 Å². The van der Waals surface area contributed by atoms with Gasteiger partial charge in [0.25, 0.3) is 0 Å². The Morgan fingerprint density at radius 1 is 0.719 bits per heavy atom. The van der Waals surface area contributed by atoms with Crippen molar-refractivity contribution >= 4 is 21.8 Å². The van der Waals surface area contributed by atoms with E-state index in [1.54, 1.807) is 12.4 Å². The molecule has 150 valence electrons. The van der Waals surface area contributed by atoms with Crippen molar-refractivity contribution in [2.45, 2.75) is 6.92 Å². The SMILES string of the molecule is Cc1ccc2c(c1)c1c#cccc1n2-c1cc(-c2ccncc2)cc(-c2ccncc2)n1. The van der Waals surface area contributed by atoms with Gasteiger partial charge in [-0.2, -0.15) is 0 Å². The zero-order valence-corrected chi connectivity index (χ0v) is 17.4. The highest BCUT2D eigenvalue weighted by molar-refractivity contribution is 6.08. The Morgan fingerprint density at radius 2 is 1.47 bits per heavy atom. The molecule has 0 saturated heterocycles. The van der Waals surface area contributed by atoms with Crippen molar-refractivity contribution in [2.75, 3.05) is 0 Å². The summed E-state index contributed by atoms with van der Waals surface area (Å²) in [6.07, 6.45) is 7.22. The molecule has 0 aliphatic carbocycles. The van der Waals surface area contributed by atoms with E-state index in [4.69, 9.17) is 4.98 Å². The number of rotatable bonds is 3. The van der Waals surface area contributed by atoms with Crippen molar-refractivity contribution in [3.63, 3.8) is 0 Å². The summed E-state index contributed by atoms with van der Waals surface area (Å²) >= 11 is 0. The number of hydrogen-bond acceptors (Lipinski definition) is 3. The van der Waals surface area contributed by atoms with Crippen LogP contribution in [0.1, 0.15) is 5.56 Å². The smallest absolute Gasteiger partial charge is 0.138 e. The number of benzene rings is 1. The number of fused-ring (bicyclic) bond motifs is 3. The fourth-order valence-corrected chi connectivity index (χ4v) is 4.21. The van der Waals surface area contributed by atoms with Crippen LogP contribution in [0.4, 0.5) is 0 Å². The molecular weight excluding hydrogens is 392 g/mol. The van der Waals surface area contributed by atoms with Crippen LogP contribution < -0.4 is 0 Å². The van der Waals surface area contributed by atoms with Crippen molar-refractivity contribution < 1.29 is 0 Å². The predicted octanol–water partition coefficient (Wildman–Crippen LogP) is 6.21. The lowest BCUT2D eigenvalue weighted by atomic mass is 10.0. The molecule has 0 fully saturated rings. The zero-order valence-electron chi connectivity index (χ0n) is 17.4. The summed E-state index contributed by atoms with van der Waals surface area (Å²) in [5.41, 5.74) is 7.46. The lowest BCUT2D eigenvalue weighted by molar-refractivity contribution is 1.08. The van der Waals surface area contributed by atoms with Crippen molar-refractivity contribution in [1.29, 1.82) is 0 Å². The first-order valence-electron chi connectivity index (χ1n) is 10.4. The third kappa shape index (κ3) is 3.00. The quantitative estimate of drug-likeness (QED) is 0.348. The van der Waals surface area contributed by atoms with E-state index in [9.17, 15) is 0 Å². The normalized spacial score (nSPS) is 11.0. The lowest BCUT2D eigenvalue weighted by Crippen LogP contribution is -2.00. The summed E-state index contributed by atoms with van der Waals surface area (Å²) in [6, 6.07) is 29.2. The summed E-state index contributed by atoms with van der Waals surface area (Å²) in [7, 11) is 0. The minimum Gasteiger partial charge on any atom is -0.293 e. The summed E-state index contributed by atoms with van der Waals surface area (Å²) in [5, 5.41) is 2.20. The standard InChI is InChI=1S/C28H18N4/c1-19-6-7-27-24(16-19)23-4-2-3-5-26(23)32(27)28-18-22(20-8-12-29-13-9-20)17-25(31-28)21-10-14-30-15-11-21/h3,5-18H,1H3. The Bertz CT molecular complexity index is 1510. The van der Waals surface area contributed by atoms with Crippen LogP contribution in [-0.2, 0) is 0 Å². The van der Waals surface area contributed by atoms with Gasteiger partial charge in [0, 0.05) is 35.7 Å². The molecule has 6 rings (SSSR count). The van der Waals surface area contributed by atoms with Gasteiger partial charge in [-0.05, 0) is 78.7 Å². The van der Waals surface area contributed by atoms with Crippen LogP contribution >= 0.6 is 0 Å². The maximum atomic E-state index is 5.09. The number of aryl methyl sites for hydroxylation is 1. The minimum atomic E-state index is 0.856. The van der Waals surface area contributed by atoms with Crippen LogP contribution in [0.5, 0.6) is 0 Å². The zero-order chi connectivity index (χ0) is 21.5. The van der Waals surface area contributed by atoms with E-state index in [1.807, 2.05) is 42.7 Å². The van der Waals surface area contributed by atoms with Crippen LogP contribution in [0.25, 0.3) is 50.0 Å². The van der Waals surface area contributed by atoms with Crippen LogP contribution in [0, 0.1) is 19.1 Å². The third-order valence-electron chi connectivity index (χ3n) is 5.71. The minimum absolute atomic E-state index is 0.856. The molecule has 0 saturated carbocycles. The molecule has 4 heterocycles. The van der Waals surface area contributed by atoms with Crippen LogP contribution in [-0.4, -0.2) is 19.5 Å². The van der Waals surface area contributed by atoms with Gasteiger partial charge in [0.15, 0.2) is 0 Å². The van der Waals surface area contributed by atoms with E-state index < -0.39 is 0 Å². The van der Waals surface area contributed by atoms with E-state index >= 15 is 0 Å². The van der Waals surface area contributed by atoms with Gasteiger partial charge in [0.1, 0.15) is 5.82 Å². The fraction of sp³-hybridized carbons (Fsp3) is 0.0357. The molecule has 2 aromatic carbocycles. The van der Waals surface area contributed by atoms with Gasteiger partial charge in [-0.25, -0.2) is 4.98 Å². The second-order valence-electron chi connectivity index (χ2n) is 7.79. The molecule has 0 unspecified atom stereocenters. The molecule has 0 amide bonds. The Labute approximate surface area is 185 Å². The van der Waals surface area contributed by atoms with Crippen LogP contribution in [0.2, 0.25) is 0 Å². The van der Waals surface area contributed by atoms with E-state index in [2.05, 4.69) is 70.0 Å². The first-order chi connectivity index (χ1) is 15.8. The van der Waals surface area contributed by atoms with E-state index in [0.29, 0.717) is 0 Å². The molecule has 0 radical (unpaired) electrons.